The molecule has 0 amide bonds. The topological polar surface area (TPSA) is 48.7 Å². The van der Waals surface area contributed by atoms with Crippen LogP contribution in [-0.2, 0) is 6.42 Å². The van der Waals surface area contributed by atoms with Gasteiger partial charge in [-0.25, -0.2) is 0 Å². The second-order valence-corrected chi connectivity index (χ2v) is 3.85. The highest BCUT2D eigenvalue weighted by molar-refractivity contribution is 5.25. The van der Waals surface area contributed by atoms with E-state index in [0.29, 0.717) is 12.5 Å². The molecule has 0 saturated carbocycles. The molecule has 0 aliphatic heterocycles. The van der Waals surface area contributed by atoms with Crippen molar-refractivity contribution in [2.24, 2.45) is 0 Å². The standard InChI is InChI=1S/C12H15N3/c13-7-3-9-14-11-6-1-4-10-5-2-8-15-12(10)11/h2,5,8,11,14H,1,3-4,6,9H2. The Balaban J connectivity index is 2.06. The fraction of sp³-hybridized carbons (Fsp3) is 0.500. The highest BCUT2D eigenvalue weighted by Crippen LogP contribution is 2.27. The van der Waals surface area contributed by atoms with Crippen molar-refractivity contribution in [3.8, 4) is 6.07 Å². The van der Waals surface area contributed by atoms with Crippen LogP contribution in [0.1, 0.15) is 36.6 Å². The molecule has 0 radical (unpaired) electrons. The molecule has 1 N–H and O–H groups in total. The fourth-order valence-electron chi connectivity index (χ4n) is 2.11. The van der Waals surface area contributed by atoms with Crippen LogP contribution in [0.15, 0.2) is 18.3 Å². The molecule has 0 fully saturated rings. The molecule has 1 atom stereocenters. The van der Waals surface area contributed by atoms with E-state index in [4.69, 9.17) is 5.26 Å². The fourth-order valence-corrected chi connectivity index (χ4v) is 2.11. The van der Waals surface area contributed by atoms with Gasteiger partial charge in [0.2, 0.25) is 0 Å². The molecule has 78 valence electrons. The average Bonchev–Trinajstić information content (AvgIpc) is 2.30. The summed E-state index contributed by atoms with van der Waals surface area (Å²) in [5.41, 5.74) is 2.54. The van der Waals surface area contributed by atoms with Gasteiger partial charge < -0.3 is 5.32 Å². The molecule has 1 aliphatic rings. The van der Waals surface area contributed by atoms with Gasteiger partial charge in [-0.05, 0) is 30.9 Å². The highest BCUT2D eigenvalue weighted by atomic mass is 14.9. The van der Waals surface area contributed by atoms with Gasteiger partial charge in [0.15, 0.2) is 0 Å². The Morgan fingerprint density at radius 2 is 2.53 bits per heavy atom. The van der Waals surface area contributed by atoms with Crippen LogP contribution in [0.5, 0.6) is 0 Å². The van der Waals surface area contributed by atoms with E-state index in [1.165, 1.54) is 17.7 Å². The molecular weight excluding hydrogens is 186 g/mol. The van der Waals surface area contributed by atoms with E-state index in [-0.39, 0.29) is 0 Å². The number of nitrogens with zero attached hydrogens (tertiary/aromatic N) is 2. The van der Waals surface area contributed by atoms with Gasteiger partial charge in [0.05, 0.1) is 11.8 Å². The zero-order chi connectivity index (χ0) is 10.5. The molecule has 0 spiro atoms. The number of aromatic nitrogens is 1. The minimum Gasteiger partial charge on any atom is -0.308 e. The third kappa shape index (κ3) is 2.34. The maximum absolute atomic E-state index is 8.49. The molecule has 0 aromatic carbocycles. The molecule has 15 heavy (non-hydrogen) atoms. The van der Waals surface area contributed by atoms with Crippen molar-refractivity contribution in [2.75, 3.05) is 6.54 Å². The van der Waals surface area contributed by atoms with Gasteiger partial charge >= 0.3 is 0 Å². The molecular formula is C12H15N3. The van der Waals surface area contributed by atoms with E-state index >= 15 is 0 Å². The lowest BCUT2D eigenvalue weighted by Crippen LogP contribution is -2.26. The maximum atomic E-state index is 8.49. The first-order chi connectivity index (χ1) is 7.42. The summed E-state index contributed by atoms with van der Waals surface area (Å²) in [4.78, 5) is 4.43. The second-order valence-electron chi connectivity index (χ2n) is 3.85. The summed E-state index contributed by atoms with van der Waals surface area (Å²) in [5.74, 6) is 0. The van der Waals surface area contributed by atoms with Crippen LogP contribution in [0.25, 0.3) is 0 Å². The summed E-state index contributed by atoms with van der Waals surface area (Å²) in [7, 11) is 0. The van der Waals surface area contributed by atoms with E-state index in [1.807, 2.05) is 12.3 Å². The summed E-state index contributed by atoms with van der Waals surface area (Å²) in [6.45, 7) is 0.761. The molecule has 0 bridgehead atoms. The Labute approximate surface area is 90.1 Å². The molecule has 1 aromatic heterocycles. The van der Waals surface area contributed by atoms with Crippen molar-refractivity contribution in [3.63, 3.8) is 0 Å². The predicted molar refractivity (Wildman–Crippen MR) is 58.1 cm³/mol. The van der Waals surface area contributed by atoms with Crippen LogP contribution in [0.2, 0.25) is 0 Å². The molecule has 1 aliphatic carbocycles. The van der Waals surface area contributed by atoms with Crippen LogP contribution in [0.4, 0.5) is 0 Å². The maximum Gasteiger partial charge on any atom is 0.0635 e. The van der Waals surface area contributed by atoms with Crippen LogP contribution in [0.3, 0.4) is 0 Å². The molecule has 1 heterocycles. The van der Waals surface area contributed by atoms with Crippen molar-refractivity contribution in [2.45, 2.75) is 31.7 Å². The van der Waals surface area contributed by atoms with Gasteiger partial charge in [-0.15, -0.1) is 0 Å². The van der Waals surface area contributed by atoms with Gasteiger partial charge in [-0.3, -0.25) is 4.98 Å². The van der Waals surface area contributed by atoms with Crippen molar-refractivity contribution in [1.29, 1.82) is 5.26 Å². The van der Waals surface area contributed by atoms with E-state index in [0.717, 1.165) is 19.4 Å². The largest absolute Gasteiger partial charge is 0.308 e. The van der Waals surface area contributed by atoms with E-state index < -0.39 is 0 Å². The summed E-state index contributed by atoms with van der Waals surface area (Å²) < 4.78 is 0. The summed E-state index contributed by atoms with van der Waals surface area (Å²) in [5, 5.41) is 11.9. The molecule has 1 aromatic rings. The smallest absolute Gasteiger partial charge is 0.0635 e. The number of pyridine rings is 1. The summed E-state index contributed by atoms with van der Waals surface area (Å²) in [6.07, 6.45) is 5.90. The third-order valence-electron chi connectivity index (χ3n) is 2.82. The number of hydrogen-bond acceptors (Lipinski definition) is 3. The van der Waals surface area contributed by atoms with Gasteiger partial charge in [0.1, 0.15) is 0 Å². The van der Waals surface area contributed by atoms with Crippen molar-refractivity contribution in [1.82, 2.24) is 10.3 Å². The highest BCUT2D eigenvalue weighted by Gasteiger charge is 2.19. The number of nitriles is 1. The number of nitrogens with one attached hydrogen (secondary N) is 1. The molecule has 0 saturated heterocycles. The lowest BCUT2D eigenvalue weighted by Gasteiger charge is -2.24. The van der Waals surface area contributed by atoms with E-state index in [9.17, 15) is 0 Å². The second kappa shape index (κ2) is 4.90. The van der Waals surface area contributed by atoms with Crippen LogP contribution < -0.4 is 5.32 Å². The minimum absolute atomic E-state index is 0.350. The van der Waals surface area contributed by atoms with Crippen molar-refractivity contribution < 1.29 is 0 Å². The predicted octanol–water partition coefficient (Wildman–Crippen LogP) is 1.96. The van der Waals surface area contributed by atoms with E-state index in [1.54, 1.807) is 0 Å². The monoisotopic (exact) mass is 201 g/mol. The molecule has 2 rings (SSSR count). The third-order valence-corrected chi connectivity index (χ3v) is 2.82. The normalized spacial score (nSPS) is 19.3. The summed E-state index contributed by atoms with van der Waals surface area (Å²) in [6, 6.07) is 6.65. The Bertz CT molecular complexity index is 367. The lowest BCUT2D eigenvalue weighted by atomic mass is 9.92. The van der Waals surface area contributed by atoms with Gasteiger partial charge in [0.25, 0.3) is 0 Å². The zero-order valence-corrected chi connectivity index (χ0v) is 8.74. The first kappa shape index (κ1) is 10.1. The Kier molecular flexibility index (Phi) is 3.31. The zero-order valence-electron chi connectivity index (χ0n) is 8.74. The van der Waals surface area contributed by atoms with Crippen LogP contribution >= 0.6 is 0 Å². The minimum atomic E-state index is 0.350. The Morgan fingerprint density at radius 1 is 1.60 bits per heavy atom. The number of aryl methyl sites for hydroxylation is 1. The Hall–Kier alpha value is -1.40. The van der Waals surface area contributed by atoms with Crippen molar-refractivity contribution in [3.05, 3.63) is 29.6 Å². The number of fused-ring (bicyclic) bond motifs is 1. The first-order valence-corrected chi connectivity index (χ1v) is 5.46. The summed E-state index contributed by atoms with van der Waals surface area (Å²) >= 11 is 0. The van der Waals surface area contributed by atoms with Crippen LogP contribution in [0, 0.1) is 11.3 Å². The molecule has 3 nitrogen and oxygen atoms in total. The number of hydrogen-bond donors (Lipinski definition) is 1. The van der Waals surface area contributed by atoms with E-state index in [2.05, 4.69) is 22.4 Å². The first-order valence-electron chi connectivity index (χ1n) is 5.46. The van der Waals surface area contributed by atoms with Gasteiger partial charge in [-0.1, -0.05) is 6.07 Å². The average molecular weight is 201 g/mol. The lowest BCUT2D eigenvalue weighted by molar-refractivity contribution is 0.454. The SMILES string of the molecule is N#CCCNC1CCCc2cccnc21. The molecule has 3 heteroatoms. The van der Waals surface area contributed by atoms with Crippen LogP contribution in [-0.4, -0.2) is 11.5 Å². The van der Waals surface area contributed by atoms with Gasteiger partial charge in [0, 0.05) is 25.2 Å². The Morgan fingerprint density at radius 3 is 3.40 bits per heavy atom. The van der Waals surface area contributed by atoms with Crippen molar-refractivity contribution >= 4 is 0 Å². The molecule has 1 unspecified atom stereocenters. The number of rotatable bonds is 3. The quantitative estimate of drug-likeness (QED) is 0.760. The van der Waals surface area contributed by atoms with Gasteiger partial charge in [-0.2, -0.15) is 5.26 Å².